The molecule has 21 heavy (non-hydrogen) atoms. The zero-order chi connectivity index (χ0) is 15.1. The molecule has 2 aromatic rings. The van der Waals surface area contributed by atoms with E-state index in [1.165, 1.54) is 11.3 Å². The molecule has 0 atom stereocenters. The molecule has 0 fully saturated rings. The zero-order valence-corrected chi connectivity index (χ0v) is 12.8. The number of carbonyl (C=O) groups excluding carboxylic acids is 1. The van der Waals surface area contributed by atoms with Gasteiger partial charge in [0.2, 0.25) is 0 Å². The van der Waals surface area contributed by atoms with Gasteiger partial charge in [-0.05, 0) is 30.7 Å². The van der Waals surface area contributed by atoms with E-state index in [4.69, 9.17) is 10.5 Å². The first kappa shape index (κ1) is 15.5. The lowest BCUT2D eigenvalue weighted by Crippen LogP contribution is -2.26. The number of carbonyl (C=O) groups is 1. The summed E-state index contributed by atoms with van der Waals surface area (Å²) < 4.78 is 5.17. The third-order valence-corrected chi connectivity index (χ3v) is 3.88. The Morgan fingerprint density at radius 1 is 1.43 bits per heavy atom. The van der Waals surface area contributed by atoms with Crippen LogP contribution in [0, 0.1) is 0 Å². The Morgan fingerprint density at radius 3 is 3.05 bits per heavy atom. The molecule has 3 N–H and O–H groups in total. The van der Waals surface area contributed by atoms with Crippen molar-refractivity contribution in [2.75, 3.05) is 20.2 Å². The number of nitrogens with one attached hydrogen (secondary N) is 1. The number of hydrogen-bond donors (Lipinski definition) is 2. The highest BCUT2D eigenvalue weighted by Gasteiger charge is 2.09. The van der Waals surface area contributed by atoms with Crippen molar-refractivity contribution in [2.24, 2.45) is 5.73 Å². The van der Waals surface area contributed by atoms with Crippen LogP contribution < -0.4 is 15.8 Å². The number of benzene rings is 1. The van der Waals surface area contributed by atoms with Crippen molar-refractivity contribution >= 4 is 17.2 Å². The summed E-state index contributed by atoms with van der Waals surface area (Å²) in [7, 11) is 1.64. The standard InChI is InChI=1S/C15H19N3O2S/c1-20-12-4-2-3-11(9-12)6-8-17-15(19)13-10-21-14(18-13)5-7-16/h2-4,9-10H,5-8,16H2,1H3,(H,17,19). The summed E-state index contributed by atoms with van der Waals surface area (Å²) in [6.07, 6.45) is 1.46. The zero-order valence-electron chi connectivity index (χ0n) is 12.0. The molecule has 5 nitrogen and oxygen atoms in total. The molecule has 0 unspecified atom stereocenters. The summed E-state index contributed by atoms with van der Waals surface area (Å²) in [5.74, 6) is 0.683. The Bertz CT molecular complexity index is 598. The second-order valence-electron chi connectivity index (χ2n) is 4.52. The van der Waals surface area contributed by atoms with Crippen LogP contribution >= 0.6 is 11.3 Å². The maximum atomic E-state index is 12.0. The van der Waals surface area contributed by atoms with Gasteiger partial charge in [-0.1, -0.05) is 12.1 Å². The summed E-state index contributed by atoms with van der Waals surface area (Å²) >= 11 is 1.47. The average Bonchev–Trinajstić information content (AvgIpc) is 2.96. The van der Waals surface area contributed by atoms with E-state index < -0.39 is 0 Å². The van der Waals surface area contributed by atoms with E-state index in [9.17, 15) is 4.79 Å². The Morgan fingerprint density at radius 2 is 2.29 bits per heavy atom. The van der Waals surface area contributed by atoms with E-state index in [1.807, 2.05) is 24.3 Å². The maximum Gasteiger partial charge on any atom is 0.270 e. The van der Waals surface area contributed by atoms with Gasteiger partial charge in [0.05, 0.1) is 12.1 Å². The summed E-state index contributed by atoms with van der Waals surface area (Å²) in [5, 5.41) is 5.54. The minimum Gasteiger partial charge on any atom is -0.497 e. The van der Waals surface area contributed by atoms with E-state index in [0.29, 0.717) is 25.2 Å². The van der Waals surface area contributed by atoms with Crippen LogP contribution in [0.2, 0.25) is 0 Å². The van der Waals surface area contributed by atoms with Gasteiger partial charge < -0.3 is 15.8 Å². The molecule has 0 aliphatic heterocycles. The van der Waals surface area contributed by atoms with Crippen molar-refractivity contribution in [3.05, 3.63) is 45.9 Å². The first-order valence-electron chi connectivity index (χ1n) is 6.78. The summed E-state index contributed by atoms with van der Waals surface area (Å²) in [6, 6.07) is 7.82. The third kappa shape index (κ3) is 4.54. The van der Waals surface area contributed by atoms with Crippen LogP contribution in [0.5, 0.6) is 5.75 Å². The molecule has 1 aromatic heterocycles. The quantitative estimate of drug-likeness (QED) is 0.815. The average molecular weight is 305 g/mol. The van der Waals surface area contributed by atoms with Gasteiger partial charge in [0.1, 0.15) is 11.4 Å². The molecule has 112 valence electrons. The largest absolute Gasteiger partial charge is 0.497 e. The Balaban J connectivity index is 1.83. The molecule has 0 bridgehead atoms. The molecule has 1 amide bonds. The Kier molecular flexibility index (Phi) is 5.71. The second-order valence-corrected chi connectivity index (χ2v) is 5.47. The monoisotopic (exact) mass is 305 g/mol. The van der Waals surface area contributed by atoms with Gasteiger partial charge in [-0.15, -0.1) is 11.3 Å². The molecule has 0 aliphatic carbocycles. The number of nitrogens with two attached hydrogens (primary N) is 1. The lowest BCUT2D eigenvalue weighted by Gasteiger charge is -2.05. The maximum absolute atomic E-state index is 12.0. The Hall–Kier alpha value is -1.92. The molecule has 1 aromatic carbocycles. The lowest BCUT2D eigenvalue weighted by atomic mass is 10.1. The summed E-state index contributed by atoms with van der Waals surface area (Å²) in [5.41, 5.74) is 7.06. The minimum atomic E-state index is -0.141. The van der Waals surface area contributed by atoms with Crippen LogP contribution in [0.4, 0.5) is 0 Å². The molecule has 0 saturated heterocycles. The fourth-order valence-electron chi connectivity index (χ4n) is 1.89. The van der Waals surface area contributed by atoms with E-state index >= 15 is 0 Å². The van der Waals surface area contributed by atoms with Gasteiger partial charge in [0.15, 0.2) is 0 Å². The van der Waals surface area contributed by atoms with E-state index in [2.05, 4.69) is 10.3 Å². The van der Waals surface area contributed by atoms with Crippen molar-refractivity contribution in [2.45, 2.75) is 12.8 Å². The van der Waals surface area contributed by atoms with Crippen LogP contribution in [0.25, 0.3) is 0 Å². The van der Waals surface area contributed by atoms with Gasteiger partial charge in [-0.3, -0.25) is 4.79 Å². The van der Waals surface area contributed by atoms with E-state index in [1.54, 1.807) is 12.5 Å². The molecule has 0 radical (unpaired) electrons. The smallest absolute Gasteiger partial charge is 0.270 e. The van der Waals surface area contributed by atoms with Crippen LogP contribution in [0.1, 0.15) is 21.1 Å². The lowest BCUT2D eigenvalue weighted by molar-refractivity contribution is 0.0949. The van der Waals surface area contributed by atoms with Gasteiger partial charge >= 0.3 is 0 Å². The van der Waals surface area contributed by atoms with Crippen LogP contribution in [0.15, 0.2) is 29.6 Å². The normalized spacial score (nSPS) is 10.4. The highest BCUT2D eigenvalue weighted by Crippen LogP contribution is 2.13. The summed E-state index contributed by atoms with van der Waals surface area (Å²) in [6.45, 7) is 1.11. The number of hydrogen-bond acceptors (Lipinski definition) is 5. The van der Waals surface area contributed by atoms with Gasteiger partial charge in [0, 0.05) is 18.3 Å². The molecule has 0 aliphatic rings. The van der Waals surface area contributed by atoms with Crippen LogP contribution in [-0.4, -0.2) is 31.1 Å². The highest BCUT2D eigenvalue weighted by atomic mass is 32.1. The highest BCUT2D eigenvalue weighted by molar-refractivity contribution is 7.09. The fourth-order valence-corrected chi connectivity index (χ4v) is 2.69. The predicted octanol–water partition coefficient (Wildman–Crippen LogP) is 1.63. The van der Waals surface area contributed by atoms with Crippen molar-refractivity contribution in [1.82, 2.24) is 10.3 Å². The second kappa shape index (κ2) is 7.75. The number of rotatable bonds is 7. The van der Waals surface area contributed by atoms with Crippen molar-refractivity contribution in [3.63, 3.8) is 0 Å². The van der Waals surface area contributed by atoms with Crippen molar-refractivity contribution in [1.29, 1.82) is 0 Å². The fraction of sp³-hybridized carbons (Fsp3) is 0.333. The third-order valence-electron chi connectivity index (χ3n) is 2.98. The molecule has 6 heteroatoms. The number of thiazole rings is 1. The SMILES string of the molecule is COc1cccc(CCNC(=O)c2csc(CCN)n2)c1. The van der Waals surface area contributed by atoms with E-state index in [-0.39, 0.29) is 5.91 Å². The molecule has 2 rings (SSSR count). The Labute approximate surface area is 128 Å². The number of methoxy groups -OCH3 is 1. The first-order valence-corrected chi connectivity index (χ1v) is 7.66. The molecular weight excluding hydrogens is 286 g/mol. The minimum absolute atomic E-state index is 0.141. The molecular formula is C15H19N3O2S. The number of nitrogens with zero attached hydrogens (tertiary/aromatic N) is 1. The predicted molar refractivity (Wildman–Crippen MR) is 83.9 cm³/mol. The number of amides is 1. The summed E-state index contributed by atoms with van der Waals surface area (Å²) in [4.78, 5) is 16.2. The molecule has 1 heterocycles. The number of ether oxygens (including phenoxy) is 1. The van der Waals surface area contributed by atoms with Crippen LogP contribution in [-0.2, 0) is 12.8 Å². The van der Waals surface area contributed by atoms with Gasteiger partial charge in [-0.25, -0.2) is 4.98 Å². The molecule has 0 saturated carbocycles. The van der Waals surface area contributed by atoms with E-state index in [0.717, 1.165) is 22.7 Å². The van der Waals surface area contributed by atoms with Crippen molar-refractivity contribution in [3.8, 4) is 5.75 Å². The van der Waals surface area contributed by atoms with Crippen molar-refractivity contribution < 1.29 is 9.53 Å². The molecule has 0 spiro atoms. The van der Waals surface area contributed by atoms with Crippen LogP contribution in [0.3, 0.4) is 0 Å². The van der Waals surface area contributed by atoms with Gasteiger partial charge in [0.25, 0.3) is 5.91 Å². The first-order chi connectivity index (χ1) is 10.2. The number of aromatic nitrogens is 1. The van der Waals surface area contributed by atoms with Gasteiger partial charge in [-0.2, -0.15) is 0 Å². The topological polar surface area (TPSA) is 77.2 Å².